The van der Waals surface area contributed by atoms with Crippen molar-refractivity contribution in [1.82, 2.24) is 0 Å². The molecule has 1 aliphatic heterocycles. The van der Waals surface area contributed by atoms with Crippen LogP contribution in [0.15, 0.2) is 60.7 Å². The fraction of sp³-hybridized carbons (Fsp3) is 0.552. The van der Waals surface area contributed by atoms with E-state index in [1.807, 2.05) is 0 Å². The number of Topliss-reactive ketones (excluding diaryl/α,β-unsaturated/α-hetero) is 1. The first-order valence-corrected chi connectivity index (χ1v) is 14.7. The van der Waals surface area contributed by atoms with E-state index >= 15 is 0 Å². The first-order valence-electron chi connectivity index (χ1n) is 12.5. The number of benzene rings is 2. The zero-order valence-electron chi connectivity index (χ0n) is 21.0. The van der Waals surface area contributed by atoms with Crippen LogP contribution in [-0.2, 0) is 9.53 Å². The highest BCUT2D eigenvalue weighted by Crippen LogP contribution is 2.42. The number of hydrogen-bond acceptors (Lipinski definition) is 2. The Morgan fingerprint density at radius 1 is 0.938 bits per heavy atom. The molecule has 0 spiro atoms. The Bertz CT molecular complexity index is 826. The van der Waals surface area contributed by atoms with Gasteiger partial charge in [0.2, 0.25) is 0 Å². The summed E-state index contributed by atoms with van der Waals surface area (Å²) in [5.41, 5.74) is -0.283. The fourth-order valence-electron chi connectivity index (χ4n) is 6.23. The van der Waals surface area contributed by atoms with Crippen LogP contribution in [0.1, 0.15) is 73.6 Å². The van der Waals surface area contributed by atoms with Gasteiger partial charge in [0.15, 0.2) is 0 Å². The van der Waals surface area contributed by atoms with Gasteiger partial charge in [-0.05, 0) is 37.3 Å². The summed E-state index contributed by atoms with van der Waals surface area (Å²) in [6.45, 7) is 13.6. The summed E-state index contributed by atoms with van der Waals surface area (Å²) in [5, 5.41) is 3.18. The van der Waals surface area contributed by atoms with Gasteiger partial charge in [0.25, 0.3) is 0 Å². The maximum absolute atomic E-state index is 13.1. The third-order valence-corrected chi connectivity index (χ3v) is 14.6. The molecule has 0 radical (unpaired) electrons. The molecule has 1 saturated heterocycles. The molecule has 0 unspecified atom stereocenters. The SMILES string of the molecule is CCC1(CC)C(=O)C[C@@H](CCC[Si](c2ccccc2)(c2ccccc2)C(C)(C)C)O[C@H]1C. The van der Waals surface area contributed by atoms with E-state index in [1.165, 1.54) is 16.4 Å². The van der Waals surface area contributed by atoms with Crippen molar-refractivity contribution in [2.75, 3.05) is 0 Å². The van der Waals surface area contributed by atoms with Crippen molar-refractivity contribution >= 4 is 24.2 Å². The summed E-state index contributed by atoms with van der Waals surface area (Å²) in [7, 11) is -2.05. The van der Waals surface area contributed by atoms with Gasteiger partial charge in [-0.1, -0.05) is 112 Å². The maximum atomic E-state index is 13.1. The highest BCUT2D eigenvalue weighted by molar-refractivity contribution is 7.04. The quantitative estimate of drug-likeness (QED) is 0.436. The molecule has 0 saturated carbocycles. The molecule has 0 amide bonds. The summed E-state index contributed by atoms with van der Waals surface area (Å²) in [6, 6.07) is 23.5. The highest BCUT2D eigenvalue weighted by atomic mass is 28.3. The molecule has 0 aliphatic carbocycles. The van der Waals surface area contributed by atoms with Crippen molar-refractivity contribution in [3.05, 3.63) is 60.7 Å². The molecule has 32 heavy (non-hydrogen) atoms. The lowest BCUT2D eigenvalue weighted by Crippen LogP contribution is -2.64. The van der Waals surface area contributed by atoms with Gasteiger partial charge in [0, 0.05) is 6.42 Å². The average Bonchev–Trinajstić information content (AvgIpc) is 2.78. The monoisotopic (exact) mass is 450 g/mol. The Balaban J connectivity index is 1.84. The largest absolute Gasteiger partial charge is 0.374 e. The Kier molecular flexibility index (Phi) is 7.83. The van der Waals surface area contributed by atoms with Crippen molar-refractivity contribution in [1.29, 1.82) is 0 Å². The smallest absolute Gasteiger partial charge is 0.144 e. The van der Waals surface area contributed by atoms with Crippen LogP contribution in [0.5, 0.6) is 0 Å². The molecular formula is C29H42O2Si. The van der Waals surface area contributed by atoms with E-state index in [0.29, 0.717) is 12.2 Å². The van der Waals surface area contributed by atoms with Gasteiger partial charge in [-0.25, -0.2) is 0 Å². The van der Waals surface area contributed by atoms with Crippen LogP contribution < -0.4 is 10.4 Å². The molecule has 3 rings (SSSR count). The Morgan fingerprint density at radius 3 is 1.84 bits per heavy atom. The molecule has 0 aromatic heterocycles. The predicted octanol–water partition coefficient (Wildman–Crippen LogP) is 6.38. The standard InChI is InChI=1S/C29H42O2Si/c1-7-29(8-2)23(3)31-24(22-27(29)30)16-15-21-32(28(4,5)6,25-17-11-9-12-18-25)26-19-13-10-14-20-26/h9-14,17-20,23-24H,7-8,15-16,21-22H2,1-6H3/t23-,24+/m0/s1. The first-order chi connectivity index (χ1) is 15.2. The van der Waals surface area contributed by atoms with Gasteiger partial charge in [-0.3, -0.25) is 4.79 Å². The lowest BCUT2D eigenvalue weighted by molar-refractivity contribution is -0.163. The van der Waals surface area contributed by atoms with Crippen LogP contribution in [0.4, 0.5) is 0 Å². The molecule has 0 N–H and O–H groups in total. The maximum Gasteiger partial charge on any atom is 0.144 e. The molecule has 1 fully saturated rings. The highest BCUT2D eigenvalue weighted by Gasteiger charge is 2.48. The van der Waals surface area contributed by atoms with E-state index in [2.05, 4.69) is 102 Å². The number of carbonyl (C=O) groups is 1. The van der Waals surface area contributed by atoms with Gasteiger partial charge >= 0.3 is 0 Å². The summed E-state index contributed by atoms with van der Waals surface area (Å²) >= 11 is 0. The van der Waals surface area contributed by atoms with Crippen molar-refractivity contribution in [3.63, 3.8) is 0 Å². The molecule has 2 atom stereocenters. The topological polar surface area (TPSA) is 26.3 Å². The van der Waals surface area contributed by atoms with Crippen LogP contribution in [-0.4, -0.2) is 26.1 Å². The van der Waals surface area contributed by atoms with E-state index < -0.39 is 8.07 Å². The first kappa shape index (κ1) is 24.9. The third kappa shape index (κ3) is 4.52. The minimum Gasteiger partial charge on any atom is -0.374 e. The Labute approximate surface area is 196 Å². The second-order valence-corrected chi connectivity index (χ2v) is 15.6. The summed E-state index contributed by atoms with van der Waals surface area (Å²) in [5.74, 6) is 0.414. The number of rotatable bonds is 8. The molecule has 174 valence electrons. The van der Waals surface area contributed by atoms with Crippen molar-refractivity contribution < 1.29 is 9.53 Å². The van der Waals surface area contributed by atoms with E-state index in [0.717, 1.165) is 25.7 Å². The zero-order valence-corrected chi connectivity index (χ0v) is 22.0. The van der Waals surface area contributed by atoms with E-state index in [9.17, 15) is 4.79 Å². The van der Waals surface area contributed by atoms with Gasteiger partial charge in [-0.2, -0.15) is 0 Å². The molecule has 2 aromatic rings. The fourth-order valence-corrected chi connectivity index (χ4v) is 11.9. The minimum atomic E-state index is -2.05. The van der Waals surface area contributed by atoms with Gasteiger partial charge in [-0.15, -0.1) is 0 Å². The lowest BCUT2D eigenvalue weighted by Gasteiger charge is -2.45. The molecule has 0 bridgehead atoms. The van der Waals surface area contributed by atoms with Crippen LogP contribution in [0.3, 0.4) is 0 Å². The Hall–Kier alpha value is -1.71. The van der Waals surface area contributed by atoms with Gasteiger partial charge < -0.3 is 4.74 Å². The summed E-state index contributed by atoms with van der Waals surface area (Å²) < 4.78 is 6.46. The lowest BCUT2D eigenvalue weighted by atomic mass is 9.70. The van der Waals surface area contributed by atoms with E-state index in [-0.39, 0.29) is 22.7 Å². The van der Waals surface area contributed by atoms with Crippen LogP contribution in [0.2, 0.25) is 11.1 Å². The molecule has 1 heterocycles. The second-order valence-electron chi connectivity index (χ2n) is 10.7. The molecule has 1 aliphatic rings. The van der Waals surface area contributed by atoms with Crippen molar-refractivity contribution in [3.8, 4) is 0 Å². The number of hydrogen-bond donors (Lipinski definition) is 0. The third-order valence-electron chi connectivity index (χ3n) is 8.30. The van der Waals surface area contributed by atoms with Crippen LogP contribution in [0, 0.1) is 5.41 Å². The zero-order chi connectivity index (χ0) is 23.4. The van der Waals surface area contributed by atoms with E-state index in [1.54, 1.807) is 0 Å². The van der Waals surface area contributed by atoms with Crippen molar-refractivity contribution in [2.24, 2.45) is 5.41 Å². The van der Waals surface area contributed by atoms with Crippen LogP contribution in [0.25, 0.3) is 0 Å². The number of ether oxygens (including phenoxy) is 1. The molecule has 2 nitrogen and oxygen atoms in total. The minimum absolute atomic E-state index is 0.0108. The Morgan fingerprint density at radius 2 is 1.44 bits per heavy atom. The normalized spacial score (nSPS) is 21.5. The van der Waals surface area contributed by atoms with Gasteiger partial charge in [0.1, 0.15) is 13.9 Å². The van der Waals surface area contributed by atoms with Crippen molar-refractivity contribution in [2.45, 2.75) is 96.9 Å². The predicted molar refractivity (Wildman–Crippen MR) is 139 cm³/mol. The number of ketones is 1. The van der Waals surface area contributed by atoms with E-state index in [4.69, 9.17) is 4.74 Å². The molecular weight excluding hydrogens is 408 g/mol. The molecule has 3 heteroatoms. The summed E-state index contributed by atoms with van der Waals surface area (Å²) in [4.78, 5) is 13.1. The molecule has 2 aromatic carbocycles. The summed E-state index contributed by atoms with van der Waals surface area (Å²) in [6.07, 6.45) is 4.44. The average molecular weight is 451 g/mol. The van der Waals surface area contributed by atoms with Gasteiger partial charge in [0.05, 0.1) is 17.6 Å². The number of carbonyl (C=O) groups excluding carboxylic acids is 1. The second kappa shape index (κ2) is 10.1. The van der Waals surface area contributed by atoms with Crippen LogP contribution >= 0.6 is 0 Å².